The maximum Gasteiger partial charge on any atom is 0.416 e. The zero-order chi connectivity index (χ0) is 24.7. The first kappa shape index (κ1) is 25.3. The Morgan fingerprint density at radius 1 is 1.00 bits per heavy atom. The molecule has 180 valence electrons. The summed E-state index contributed by atoms with van der Waals surface area (Å²) in [6, 6.07) is 10.2. The first-order valence-corrected chi connectivity index (χ1v) is 11.3. The Labute approximate surface area is 197 Å². The molecule has 3 rings (SSSR count). The molecule has 0 aliphatic carbocycles. The third-order valence-corrected chi connectivity index (χ3v) is 5.74. The molecule has 1 N–H and O–H groups in total. The summed E-state index contributed by atoms with van der Waals surface area (Å²) in [7, 11) is 0. The van der Waals surface area contributed by atoms with E-state index in [9.17, 15) is 27.2 Å². The third-order valence-electron chi connectivity index (χ3n) is 4.85. The van der Waals surface area contributed by atoms with Gasteiger partial charge in [-0.25, -0.2) is 4.39 Å². The van der Waals surface area contributed by atoms with Gasteiger partial charge in [0.1, 0.15) is 10.8 Å². The van der Waals surface area contributed by atoms with E-state index in [2.05, 4.69) is 15.5 Å². The van der Waals surface area contributed by atoms with Crippen molar-refractivity contribution >= 4 is 28.3 Å². The lowest BCUT2D eigenvalue weighted by Gasteiger charge is -2.22. The molecule has 0 aliphatic rings. The minimum Gasteiger partial charge on any atom is -0.342 e. The van der Waals surface area contributed by atoms with E-state index in [0.29, 0.717) is 29.1 Å². The lowest BCUT2D eigenvalue weighted by molar-refractivity contribution is -0.137. The molecule has 0 radical (unpaired) electrons. The second-order valence-corrected chi connectivity index (χ2v) is 8.45. The predicted octanol–water partition coefficient (Wildman–Crippen LogP) is 5.17. The van der Waals surface area contributed by atoms with E-state index in [4.69, 9.17) is 0 Å². The first-order valence-electron chi connectivity index (χ1n) is 10.5. The van der Waals surface area contributed by atoms with Crippen LogP contribution in [0.15, 0.2) is 48.5 Å². The second-order valence-electron chi connectivity index (χ2n) is 7.47. The van der Waals surface area contributed by atoms with Crippen molar-refractivity contribution in [2.24, 2.45) is 0 Å². The summed E-state index contributed by atoms with van der Waals surface area (Å²) < 4.78 is 51.2. The molecular weight excluding hydrogens is 472 g/mol. The monoisotopic (exact) mass is 494 g/mol. The van der Waals surface area contributed by atoms with Crippen LogP contribution in [-0.4, -0.2) is 40.0 Å². The largest absolute Gasteiger partial charge is 0.416 e. The maximum atomic E-state index is 13.1. The molecule has 1 aromatic heterocycles. The van der Waals surface area contributed by atoms with Gasteiger partial charge in [-0.05, 0) is 36.2 Å². The van der Waals surface area contributed by atoms with Crippen LogP contribution in [0.3, 0.4) is 0 Å². The Kier molecular flexibility index (Phi) is 8.32. The summed E-state index contributed by atoms with van der Waals surface area (Å²) in [6.45, 7) is 2.59. The minimum absolute atomic E-state index is 0.0321. The number of aromatic nitrogens is 2. The molecule has 6 nitrogen and oxygen atoms in total. The molecule has 0 saturated carbocycles. The molecule has 0 atom stereocenters. The molecule has 3 aromatic rings. The van der Waals surface area contributed by atoms with Gasteiger partial charge in [-0.2, -0.15) is 13.2 Å². The highest BCUT2D eigenvalue weighted by molar-refractivity contribution is 7.18. The summed E-state index contributed by atoms with van der Waals surface area (Å²) >= 11 is 1.03. The standard InChI is InChI=1S/C23H22F4N4O2S/c1-2-12-31(20(33)14-15-3-9-18(24)10-4-15)13-11-19(32)28-22-30-29-21(34-22)16-5-7-17(8-6-16)23(25,26)27/h3-10H,2,11-14H2,1H3,(H,28,30,32). The van der Waals surface area contributed by atoms with Crippen molar-refractivity contribution in [1.29, 1.82) is 0 Å². The Hall–Kier alpha value is -3.34. The van der Waals surface area contributed by atoms with Crippen LogP contribution in [0.2, 0.25) is 0 Å². The van der Waals surface area contributed by atoms with Crippen LogP contribution in [0.25, 0.3) is 10.6 Å². The van der Waals surface area contributed by atoms with Crippen LogP contribution >= 0.6 is 11.3 Å². The number of rotatable bonds is 9. The van der Waals surface area contributed by atoms with Gasteiger partial charge in [0.05, 0.1) is 12.0 Å². The molecule has 34 heavy (non-hydrogen) atoms. The number of hydrogen-bond acceptors (Lipinski definition) is 5. The number of benzene rings is 2. The summed E-state index contributed by atoms with van der Waals surface area (Å²) in [4.78, 5) is 26.6. The fourth-order valence-electron chi connectivity index (χ4n) is 3.13. The Balaban J connectivity index is 1.54. The van der Waals surface area contributed by atoms with Gasteiger partial charge < -0.3 is 10.2 Å². The van der Waals surface area contributed by atoms with Gasteiger partial charge in [-0.3, -0.25) is 9.59 Å². The zero-order valence-corrected chi connectivity index (χ0v) is 19.0. The van der Waals surface area contributed by atoms with Gasteiger partial charge in [0.25, 0.3) is 0 Å². The van der Waals surface area contributed by atoms with Crippen molar-refractivity contribution in [2.45, 2.75) is 32.4 Å². The molecular formula is C23H22F4N4O2S. The minimum atomic E-state index is -4.43. The number of carbonyl (C=O) groups is 2. The van der Waals surface area contributed by atoms with Crippen molar-refractivity contribution in [1.82, 2.24) is 15.1 Å². The van der Waals surface area contributed by atoms with E-state index >= 15 is 0 Å². The number of nitrogens with zero attached hydrogens (tertiary/aromatic N) is 3. The fourth-order valence-corrected chi connectivity index (χ4v) is 3.90. The maximum absolute atomic E-state index is 13.1. The Morgan fingerprint density at radius 2 is 1.68 bits per heavy atom. The van der Waals surface area contributed by atoms with Crippen molar-refractivity contribution in [3.8, 4) is 10.6 Å². The number of alkyl halides is 3. The SMILES string of the molecule is CCCN(CCC(=O)Nc1nnc(-c2ccc(C(F)(F)F)cc2)s1)C(=O)Cc1ccc(F)cc1. The van der Waals surface area contributed by atoms with Crippen molar-refractivity contribution in [3.05, 3.63) is 65.5 Å². The number of anilines is 1. The van der Waals surface area contributed by atoms with Gasteiger partial charge in [0, 0.05) is 25.1 Å². The van der Waals surface area contributed by atoms with E-state index < -0.39 is 11.7 Å². The van der Waals surface area contributed by atoms with E-state index in [1.54, 1.807) is 17.0 Å². The number of carbonyl (C=O) groups excluding carboxylic acids is 2. The molecule has 2 aromatic carbocycles. The van der Waals surface area contributed by atoms with Crippen molar-refractivity contribution in [2.75, 3.05) is 18.4 Å². The van der Waals surface area contributed by atoms with Gasteiger partial charge in [-0.1, -0.05) is 42.5 Å². The number of nitrogens with one attached hydrogen (secondary N) is 1. The number of hydrogen-bond donors (Lipinski definition) is 1. The van der Waals surface area contributed by atoms with Crippen LogP contribution in [-0.2, 0) is 22.2 Å². The van der Waals surface area contributed by atoms with Gasteiger partial charge in [0.2, 0.25) is 16.9 Å². The van der Waals surface area contributed by atoms with Crippen molar-refractivity contribution < 1.29 is 27.2 Å². The molecule has 0 bridgehead atoms. The van der Waals surface area contributed by atoms with Gasteiger partial charge in [-0.15, -0.1) is 10.2 Å². The highest BCUT2D eigenvalue weighted by Crippen LogP contribution is 2.32. The molecule has 0 unspecified atom stereocenters. The van der Waals surface area contributed by atoms with Crippen LogP contribution < -0.4 is 5.32 Å². The molecule has 1 heterocycles. The highest BCUT2D eigenvalue weighted by atomic mass is 32.1. The van der Waals surface area contributed by atoms with Crippen LogP contribution in [0.4, 0.5) is 22.7 Å². The molecule has 0 saturated heterocycles. The van der Waals surface area contributed by atoms with E-state index in [1.165, 1.54) is 24.3 Å². The topological polar surface area (TPSA) is 75.2 Å². The quantitative estimate of drug-likeness (QED) is 0.417. The van der Waals surface area contributed by atoms with E-state index in [0.717, 1.165) is 23.5 Å². The average Bonchev–Trinajstić information content (AvgIpc) is 3.26. The Morgan fingerprint density at radius 3 is 2.29 bits per heavy atom. The molecule has 0 fully saturated rings. The van der Waals surface area contributed by atoms with Crippen molar-refractivity contribution in [3.63, 3.8) is 0 Å². The Bertz CT molecular complexity index is 1120. The second kappa shape index (κ2) is 11.2. The number of amides is 2. The summed E-state index contributed by atoms with van der Waals surface area (Å²) in [6.07, 6.45) is -3.58. The molecule has 2 amide bonds. The lowest BCUT2D eigenvalue weighted by Crippen LogP contribution is -2.35. The average molecular weight is 495 g/mol. The summed E-state index contributed by atoms with van der Waals surface area (Å²) in [5, 5.41) is 11.0. The van der Waals surface area contributed by atoms with Crippen LogP contribution in [0, 0.1) is 5.82 Å². The first-order chi connectivity index (χ1) is 16.2. The van der Waals surface area contributed by atoms with Crippen LogP contribution in [0.1, 0.15) is 30.9 Å². The molecule has 0 aliphatic heterocycles. The third kappa shape index (κ3) is 7.08. The highest BCUT2D eigenvalue weighted by Gasteiger charge is 2.30. The lowest BCUT2D eigenvalue weighted by atomic mass is 10.1. The van der Waals surface area contributed by atoms with Crippen LogP contribution in [0.5, 0.6) is 0 Å². The number of halogens is 4. The molecule has 0 spiro atoms. The smallest absolute Gasteiger partial charge is 0.342 e. The summed E-state index contributed by atoms with van der Waals surface area (Å²) in [5.74, 6) is -0.913. The summed E-state index contributed by atoms with van der Waals surface area (Å²) in [5.41, 5.74) is 0.369. The van der Waals surface area contributed by atoms with E-state index in [1.807, 2.05) is 6.92 Å². The van der Waals surface area contributed by atoms with Gasteiger partial charge >= 0.3 is 6.18 Å². The molecule has 11 heteroatoms. The fraction of sp³-hybridized carbons (Fsp3) is 0.304. The predicted molar refractivity (Wildman–Crippen MR) is 121 cm³/mol. The van der Waals surface area contributed by atoms with Gasteiger partial charge in [0.15, 0.2) is 0 Å². The zero-order valence-electron chi connectivity index (χ0n) is 18.2. The normalized spacial score (nSPS) is 11.3. The van der Waals surface area contributed by atoms with E-state index in [-0.39, 0.29) is 42.1 Å².